The number of nitriles is 1. The van der Waals surface area contributed by atoms with Crippen LogP contribution in [-0.4, -0.2) is 11.9 Å². The van der Waals surface area contributed by atoms with Crippen LogP contribution >= 0.6 is 0 Å². The molecule has 1 fully saturated rings. The molecule has 1 amide bonds. The highest BCUT2D eigenvalue weighted by Gasteiger charge is 2.29. The Bertz CT molecular complexity index is 244. The third kappa shape index (κ3) is 2.47. The van der Waals surface area contributed by atoms with E-state index in [4.69, 9.17) is 5.26 Å². The van der Waals surface area contributed by atoms with Gasteiger partial charge in [0.1, 0.15) is 0 Å². The summed E-state index contributed by atoms with van der Waals surface area (Å²) in [5, 5.41) is 11.8. The summed E-state index contributed by atoms with van der Waals surface area (Å²) in [6.45, 7) is 3.92. The lowest BCUT2D eigenvalue weighted by Gasteiger charge is -2.18. The molecule has 1 N–H and O–H groups in total. The topological polar surface area (TPSA) is 52.9 Å². The molecule has 3 heteroatoms. The first kappa shape index (κ1) is 11.0. The van der Waals surface area contributed by atoms with Crippen LogP contribution in [-0.2, 0) is 4.79 Å². The van der Waals surface area contributed by atoms with Crippen LogP contribution in [0.2, 0.25) is 0 Å². The first-order valence-electron chi connectivity index (χ1n) is 5.39. The van der Waals surface area contributed by atoms with E-state index in [2.05, 4.69) is 11.4 Å². The van der Waals surface area contributed by atoms with E-state index in [1.807, 2.05) is 13.8 Å². The summed E-state index contributed by atoms with van der Waals surface area (Å²) >= 11 is 0. The van der Waals surface area contributed by atoms with Crippen molar-refractivity contribution in [1.82, 2.24) is 5.32 Å². The lowest BCUT2D eigenvalue weighted by Crippen LogP contribution is -2.39. The van der Waals surface area contributed by atoms with Crippen molar-refractivity contribution in [1.29, 1.82) is 5.26 Å². The van der Waals surface area contributed by atoms with Gasteiger partial charge in [0.15, 0.2) is 0 Å². The molecule has 1 aliphatic rings. The number of amides is 1. The van der Waals surface area contributed by atoms with E-state index in [-0.39, 0.29) is 23.8 Å². The van der Waals surface area contributed by atoms with E-state index in [1.54, 1.807) is 0 Å². The van der Waals surface area contributed by atoms with Gasteiger partial charge in [-0.15, -0.1) is 0 Å². The van der Waals surface area contributed by atoms with Gasteiger partial charge in [-0.3, -0.25) is 4.79 Å². The van der Waals surface area contributed by atoms with Crippen LogP contribution in [0.5, 0.6) is 0 Å². The van der Waals surface area contributed by atoms with Crippen LogP contribution in [0.1, 0.15) is 39.5 Å². The predicted molar refractivity (Wildman–Crippen MR) is 54.3 cm³/mol. The van der Waals surface area contributed by atoms with Gasteiger partial charge in [0.25, 0.3) is 0 Å². The first-order valence-corrected chi connectivity index (χ1v) is 5.39. The molecule has 14 heavy (non-hydrogen) atoms. The molecule has 1 aliphatic carbocycles. The summed E-state index contributed by atoms with van der Waals surface area (Å²) in [6.07, 6.45) is 3.81. The standard InChI is InChI=1S/C11H18N2O/c1-3-8(2)11(14)13-10-6-4-5-9(10)7-12/h8-10H,3-6H2,1-2H3,(H,13,14). The summed E-state index contributed by atoms with van der Waals surface area (Å²) in [7, 11) is 0. The monoisotopic (exact) mass is 194 g/mol. The molecule has 78 valence electrons. The minimum atomic E-state index is 0.0306. The molecular weight excluding hydrogens is 176 g/mol. The zero-order valence-electron chi connectivity index (χ0n) is 8.92. The Labute approximate surface area is 85.5 Å². The number of hydrogen-bond acceptors (Lipinski definition) is 2. The zero-order valence-corrected chi connectivity index (χ0v) is 8.92. The van der Waals surface area contributed by atoms with Gasteiger partial charge in [-0.2, -0.15) is 5.26 Å². The molecule has 1 saturated carbocycles. The summed E-state index contributed by atoms with van der Waals surface area (Å²) in [6, 6.07) is 2.36. The van der Waals surface area contributed by atoms with E-state index in [1.165, 1.54) is 0 Å². The van der Waals surface area contributed by atoms with Crippen LogP contribution in [0.25, 0.3) is 0 Å². The second-order valence-corrected chi connectivity index (χ2v) is 4.09. The van der Waals surface area contributed by atoms with Gasteiger partial charge in [0.2, 0.25) is 5.91 Å². The van der Waals surface area contributed by atoms with Crippen molar-refractivity contribution in [3.63, 3.8) is 0 Å². The molecule has 1 rings (SSSR count). The molecule has 3 unspecified atom stereocenters. The second kappa shape index (κ2) is 4.99. The SMILES string of the molecule is CCC(C)C(=O)NC1CCCC1C#N. The maximum absolute atomic E-state index is 11.6. The minimum Gasteiger partial charge on any atom is -0.352 e. The van der Waals surface area contributed by atoms with Crippen LogP contribution in [0.15, 0.2) is 0 Å². The minimum absolute atomic E-state index is 0.0306. The summed E-state index contributed by atoms with van der Waals surface area (Å²) in [5.41, 5.74) is 0. The lowest BCUT2D eigenvalue weighted by atomic mass is 10.0. The molecule has 0 aromatic rings. The van der Waals surface area contributed by atoms with Crippen molar-refractivity contribution in [2.24, 2.45) is 11.8 Å². The molecule has 0 heterocycles. The van der Waals surface area contributed by atoms with Gasteiger partial charge in [-0.1, -0.05) is 13.8 Å². The number of hydrogen-bond donors (Lipinski definition) is 1. The summed E-state index contributed by atoms with van der Waals surface area (Å²) in [4.78, 5) is 11.6. The van der Waals surface area contributed by atoms with E-state index in [0.29, 0.717) is 0 Å². The average molecular weight is 194 g/mol. The van der Waals surface area contributed by atoms with Crippen molar-refractivity contribution < 1.29 is 4.79 Å². The van der Waals surface area contributed by atoms with Crippen LogP contribution in [0.4, 0.5) is 0 Å². The van der Waals surface area contributed by atoms with Crippen molar-refractivity contribution in [2.45, 2.75) is 45.6 Å². The Kier molecular flexibility index (Phi) is 3.94. The molecule has 0 aromatic heterocycles. The Morgan fingerprint density at radius 1 is 1.64 bits per heavy atom. The number of carbonyl (C=O) groups is 1. The largest absolute Gasteiger partial charge is 0.352 e. The predicted octanol–water partition coefficient (Wildman–Crippen LogP) is 1.84. The molecule has 0 bridgehead atoms. The van der Waals surface area contributed by atoms with Crippen LogP contribution in [0, 0.1) is 23.2 Å². The molecule has 0 radical (unpaired) electrons. The molecule has 0 aromatic carbocycles. The number of nitrogens with zero attached hydrogens (tertiary/aromatic N) is 1. The van der Waals surface area contributed by atoms with Crippen molar-refractivity contribution in [3.05, 3.63) is 0 Å². The summed E-state index contributed by atoms with van der Waals surface area (Å²) in [5.74, 6) is 0.192. The van der Waals surface area contributed by atoms with E-state index >= 15 is 0 Å². The first-order chi connectivity index (χ1) is 6.69. The normalized spacial score (nSPS) is 28.1. The van der Waals surface area contributed by atoms with Crippen LogP contribution in [0.3, 0.4) is 0 Å². The fourth-order valence-electron chi connectivity index (χ4n) is 1.80. The van der Waals surface area contributed by atoms with E-state index in [9.17, 15) is 4.79 Å². The van der Waals surface area contributed by atoms with E-state index < -0.39 is 0 Å². The van der Waals surface area contributed by atoms with Gasteiger partial charge in [0.05, 0.1) is 12.0 Å². The van der Waals surface area contributed by atoms with Crippen LogP contribution < -0.4 is 5.32 Å². The molecule has 0 spiro atoms. The number of nitrogens with one attached hydrogen (secondary N) is 1. The highest BCUT2D eigenvalue weighted by molar-refractivity contribution is 5.78. The van der Waals surface area contributed by atoms with Gasteiger partial charge in [0, 0.05) is 12.0 Å². The van der Waals surface area contributed by atoms with Crippen molar-refractivity contribution in [2.75, 3.05) is 0 Å². The third-order valence-electron chi connectivity index (χ3n) is 3.07. The molecule has 0 saturated heterocycles. The zero-order chi connectivity index (χ0) is 10.6. The lowest BCUT2D eigenvalue weighted by molar-refractivity contribution is -0.125. The smallest absolute Gasteiger partial charge is 0.223 e. The highest BCUT2D eigenvalue weighted by atomic mass is 16.1. The van der Waals surface area contributed by atoms with Gasteiger partial charge in [-0.25, -0.2) is 0 Å². The Hall–Kier alpha value is -1.04. The fraction of sp³-hybridized carbons (Fsp3) is 0.818. The Balaban J connectivity index is 2.44. The third-order valence-corrected chi connectivity index (χ3v) is 3.07. The quantitative estimate of drug-likeness (QED) is 0.745. The van der Waals surface area contributed by atoms with Gasteiger partial charge >= 0.3 is 0 Å². The van der Waals surface area contributed by atoms with Crippen molar-refractivity contribution in [3.8, 4) is 6.07 Å². The number of carbonyl (C=O) groups excluding carboxylic acids is 1. The molecule has 3 atom stereocenters. The molecule has 3 nitrogen and oxygen atoms in total. The number of rotatable bonds is 3. The summed E-state index contributed by atoms with van der Waals surface area (Å²) < 4.78 is 0. The maximum Gasteiger partial charge on any atom is 0.223 e. The fourth-order valence-corrected chi connectivity index (χ4v) is 1.80. The average Bonchev–Trinajstić information content (AvgIpc) is 2.63. The highest BCUT2D eigenvalue weighted by Crippen LogP contribution is 2.25. The molecular formula is C11H18N2O. The van der Waals surface area contributed by atoms with E-state index in [0.717, 1.165) is 25.7 Å². The van der Waals surface area contributed by atoms with Gasteiger partial charge in [-0.05, 0) is 25.7 Å². The maximum atomic E-state index is 11.6. The Morgan fingerprint density at radius 2 is 2.36 bits per heavy atom. The molecule has 0 aliphatic heterocycles. The second-order valence-electron chi connectivity index (χ2n) is 4.09. The van der Waals surface area contributed by atoms with Crippen molar-refractivity contribution >= 4 is 5.91 Å². The Morgan fingerprint density at radius 3 is 2.93 bits per heavy atom. The van der Waals surface area contributed by atoms with Gasteiger partial charge < -0.3 is 5.32 Å².